The van der Waals surface area contributed by atoms with Crippen LogP contribution in [0.4, 0.5) is 40.8 Å². The molecule has 0 radical (unpaired) electrons. The lowest BCUT2D eigenvalue weighted by atomic mass is 10.2. The van der Waals surface area contributed by atoms with Crippen LogP contribution in [0.25, 0.3) is 0 Å². The van der Waals surface area contributed by atoms with Crippen LogP contribution in [0.3, 0.4) is 0 Å². The summed E-state index contributed by atoms with van der Waals surface area (Å²) in [6.07, 6.45) is -3.55. The number of anilines is 3. The molecule has 15 heteroatoms. The molecule has 0 atom stereocenters. The predicted molar refractivity (Wildman–Crippen MR) is 132 cm³/mol. The van der Waals surface area contributed by atoms with E-state index in [0.29, 0.717) is 6.07 Å². The summed E-state index contributed by atoms with van der Waals surface area (Å²) < 4.78 is 44.5. The summed E-state index contributed by atoms with van der Waals surface area (Å²) in [5.74, 6) is -0.814. The third-order valence-corrected chi connectivity index (χ3v) is 5.06. The SMILES string of the molecule is CC.Nc1nccc(Oc2cc(NC(=O)Nc3ccc(Cl)c(C(F)(F)F)c3)c(Cl)cc2Cl)c1[N+](=O)[O-]. The van der Waals surface area contributed by atoms with Gasteiger partial charge < -0.3 is 21.1 Å². The quantitative estimate of drug-likeness (QED) is 0.212. The third kappa shape index (κ3) is 7.03. The minimum Gasteiger partial charge on any atom is -0.448 e. The Labute approximate surface area is 217 Å². The maximum Gasteiger partial charge on any atom is 0.417 e. The Kier molecular flexibility index (Phi) is 9.56. The molecule has 0 saturated heterocycles. The van der Waals surface area contributed by atoms with Gasteiger partial charge in [-0.3, -0.25) is 10.1 Å². The zero-order valence-corrected chi connectivity index (χ0v) is 20.7. The van der Waals surface area contributed by atoms with E-state index in [0.717, 1.165) is 12.1 Å². The number of nitrogens with one attached hydrogen (secondary N) is 2. The van der Waals surface area contributed by atoms with Gasteiger partial charge in [-0.1, -0.05) is 48.7 Å². The number of nitrogens with zero attached hydrogens (tertiary/aromatic N) is 2. The highest BCUT2D eigenvalue weighted by molar-refractivity contribution is 6.37. The van der Waals surface area contributed by atoms with E-state index in [2.05, 4.69) is 15.6 Å². The van der Waals surface area contributed by atoms with Crippen LogP contribution >= 0.6 is 34.8 Å². The largest absolute Gasteiger partial charge is 0.448 e. The number of nitrogens with two attached hydrogens (primary N) is 1. The first-order chi connectivity index (χ1) is 16.9. The summed E-state index contributed by atoms with van der Waals surface area (Å²) >= 11 is 17.7. The number of alkyl halides is 3. The summed E-state index contributed by atoms with van der Waals surface area (Å²) in [5, 5.41) is 15.2. The fourth-order valence-electron chi connectivity index (χ4n) is 2.64. The number of nitrogen functional groups attached to an aromatic ring is 1. The van der Waals surface area contributed by atoms with E-state index in [9.17, 15) is 28.1 Å². The van der Waals surface area contributed by atoms with E-state index >= 15 is 0 Å². The number of hydrogen-bond donors (Lipinski definition) is 3. The van der Waals surface area contributed by atoms with Crippen molar-refractivity contribution in [3.05, 3.63) is 73.3 Å². The second-order valence-corrected chi connectivity index (χ2v) is 7.66. The van der Waals surface area contributed by atoms with Crippen LogP contribution in [0.5, 0.6) is 11.5 Å². The monoisotopic (exact) mass is 565 g/mol. The molecule has 1 aromatic heterocycles. The molecule has 192 valence electrons. The van der Waals surface area contributed by atoms with E-state index in [4.69, 9.17) is 45.3 Å². The van der Waals surface area contributed by atoms with Gasteiger partial charge in [0.2, 0.25) is 11.6 Å². The standard InChI is InChI=1S/C19H11Cl3F3N5O4.C2H6/c20-10-2-1-8(5-9(10)19(23,24)25)28-18(31)29-13-7-15(12(22)6-11(13)21)34-14-3-4-27-17(26)16(14)30(32)33;1-2/h1-7H,(H2,26,27)(H2,28,29,31);1-2H3. The molecule has 0 unspecified atom stereocenters. The first-order valence-electron chi connectivity index (χ1n) is 9.87. The van der Waals surface area contributed by atoms with Gasteiger partial charge in [-0.25, -0.2) is 9.78 Å². The highest BCUT2D eigenvalue weighted by atomic mass is 35.5. The first kappa shape index (κ1) is 28.8. The highest BCUT2D eigenvalue weighted by Gasteiger charge is 2.33. The van der Waals surface area contributed by atoms with Gasteiger partial charge in [0.05, 0.1) is 31.2 Å². The van der Waals surface area contributed by atoms with Crippen LogP contribution in [0.15, 0.2) is 42.6 Å². The Morgan fingerprint density at radius 3 is 2.31 bits per heavy atom. The zero-order chi connectivity index (χ0) is 27.2. The zero-order valence-electron chi connectivity index (χ0n) is 18.4. The molecule has 2 aromatic carbocycles. The van der Waals surface area contributed by atoms with Crippen molar-refractivity contribution >= 4 is 63.7 Å². The molecule has 0 aliphatic heterocycles. The minimum absolute atomic E-state index is 0.0525. The van der Waals surface area contributed by atoms with Crippen molar-refractivity contribution in [3.8, 4) is 11.5 Å². The lowest BCUT2D eigenvalue weighted by Crippen LogP contribution is -2.20. The number of carbonyl (C=O) groups excluding carboxylic acids is 1. The molecule has 0 bridgehead atoms. The number of pyridine rings is 1. The normalized spacial score (nSPS) is 10.7. The van der Waals surface area contributed by atoms with E-state index in [1.807, 2.05) is 13.8 Å². The summed E-state index contributed by atoms with van der Waals surface area (Å²) in [6, 6.07) is 5.38. The molecular weight excluding hydrogens is 550 g/mol. The van der Waals surface area contributed by atoms with Crippen molar-refractivity contribution in [3.63, 3.8) is 0 Å². The van der Waals surface area contributed by atoms with Gasteiger partial charge in [0.1, 0.15) is 5.75 Å². The number of urea groups is 1. The van der Waals surface area contributed by atoms with E-state index in [-0.39, 0.29) is 32.9 Å². The molecule has 0 saturated carbocycles. The van der Waals surface area contributed by atoms with Crippen molar-refractivity contribution < 1.29 is 27.6 Å². The van der Waals surface area contributed by atoms with Crippen molar-refractivity contribution in [1.29, 1.82) is 0 Å². The number of ether oxygens (including phenoxy) is 1. The average Bonchev–Trinajstić information content (AvgIpc) is 2.78. The van der Waals surface area contributed by atoms with Gasteiger partial charge in [-0.2, -0.15) is 13.2 Å². The fourth-order valence-corrected chi connectivity index (χ4v) is 3.34. The predicted octanol–water partition coefficient (Wildman–Crippen LogP) is 8.01. The van der Waals surface area contributed by atoms with Gasteiger partial charge in [0.25, 0.3) is 0 Å². The molecule has 2 amide bonds. The number of halogens is 6. The highest BCUT2D eigenvalue weighted by Crippen LogP contribution is 2.41. The molecule has 0 aliphatic rings. The maximum absolute atomic E-state index is 13.0. The van der Waals surface area contributed by atoms with Crippen LogP contribution in [0, 0.1) is 10.1 Å². The molecule has 36 heavy (non-hydrogen) atoms. The number of benzene rings is 2. The van der Waals surface area contributed by atoms with Crippen LogP contribution < -0.4 is 21.1 Å². The third-order valence-electron chi connectivity index (χ3n) is 4.12. The number of aromatic nitrogens is 1. The van der Waals surface area contributed by atoms with E-state index in [1.165, 1.54) is 24.4 Å². The van der Waals surface area contributed by atoms with Crippen LogP contribution in [0.1, 0.15) is 19.4 Å². The van der Waals surface area contributed by atoms with Crippen LogP contribution in [-0.2, 0) is 6.18 Å². The molecule has 1 heterocycles. The van der Waals surface area contributed by atoms with Crippen molar-refractivity contribution in [2.24, 2.45) is 0 Å². The second-order valence-electron chi connectivity index (χ2n) is 6.44. The average molecular weight is 567 g/mol. The summed E-state index contributed by atoms with van der Waals surface area (Å²) in [5.41, 5.74) is 3.52. The van der Waals surface area contributed by atoms with Crippen LogP contribution in [-0.4, -0.2) is 15.9 Å². The number of rotatable bonds is 5. The van der Waals surface area contributed by atoms with E-state index < -0.39 is 39.2 Å². The Morgan fingerprint density at radius 2 is 1.69 bits per heavy atom. The maximum atomic E-state index is 13.0. The molecule has 0 aliphatic carbocycles. The van der Waals surface area contributed by atoms with Gasteiger partial charge in [-0.15, -0.1) is 0 Å². The molecule has 0 fully saturated rings. The number of carbonyl (C=O) groups is 1. The summed E-state index contributed by atoms with van der Waals surface area (Å²) in [6.45, 7) is 4.00. The Bertz CT molecular complexity index is 1290. The van der Waals surface area contributed by atoms with Crippen molar-refractivity contribution in [1.82, 2.24) is 4.98 Å². The second kappa shape index (κ2) is 12.0. The molecule has 4 N–H and O–H groups in total. The molecule has 3 rings (SSSR count). The number of nitro groups is 1. The Balaban J connectivity index is 0.00000222. The summed E-state index contributed by atoms with van der Waals surface area (Å²) in [7, 11) is 0. The number of amides is 2. The fraction of sp³-hybridized carbons (Fsp3) is 0.143. The lowest BCUT2D eigenvalue weighted by molar-refractivity contribution is -0.384. The number of hydrogen-bond acceptors (Lipinski definition) is 6. The first-order valence-corrected chi connectivity index (χ1v) is 11.0. The van der Waals surface area contributed by atoms with Gasteiger partial charge in [0.15, 0.2) is 0 Å². The smallest absolute Gasteiger partial charge is 0.417 e. The van der Waals surface area contributed by atoms with Crippen molar-refractivity contribution in [2.45, 2.75) is 20.0 Å². The van der Waals surface area contributed by atoms with Gasteiger partial charge in [0, 0.05) is 24.0 Å². The Hall–Kier alpha value is -3.48. The van der Waals surface area contributed by atoms with Gasteiger partial charge >= 0.3 is 17.9 Å². The Morgan fingerprint density at radius 1 is 1.03 bits per heavy atom. The molecule has 3 aromatic rings. The topological polar surface area (TPSA) is 132 Å². The van der Waals surface area contributed by atoms with E-state index in [1.54, 1.807) is 0 Å². The van der Waals surface area contributed by atoms with Gasteiger partial charge in [-0.05, 0) is 24.3 Å². The minimum atomic E-state index is -4.73. The van der Waals surface area contributed by atoms with Crippen LogP contribution in [0.2, 0.25) is 15.1 Å². The molecule has 0 spiro atoms. The molecule has 9 nitrogen and oxygen atoms in total. The lowest BCUT2D eigenvalue weighted by Gasteiger charge is -2.14. The molecular formula is C21H17Cl3F3N5O4. The summed E-state index contributed by atoms with van der Waals surface area (Å²) in [4.78, 5) is 26.4. The van der Waals surface area contributed by atoms with Crippen molar-refractivity contribution in [2.75, 3.05) is 16.4 Å².